The van der Waals surface area contributed by atoms with Gasteiger partial charge in [-0.1, -0.05) is 23.7 Å². The Morgan fingerprint density at radius 3 is 2.27 bits per heavy atom. The van der Waals surface area contributed by atoms with Crippen LogP contribution in [0.4, 0.5) is 0 Å². The Hall–Kier alpha value is -1.36. The lowest BCUT2D eigenvalue weighted by atomic mass is 9.99. The molecule has 2 N–H and O–H groups in total. The Kier molecular flexibility index (Phi) is 5.62. The van der Waals surface area contributed by atoms with E-state index in [-0.39, 0.29) is 5.91 Å². The molecule has 0 aliphatic heterocycles. The lowest BCUT2D eigenvalue weighted by Gasteiger charge is -2.13. The predicted molar refractivity (Wildman–Crippen MR) is 93.9 cm³/mol. The number of amides is 1. The van der Waals surface area contributed by atoms with Gasteiger partial charge < -0.3 is 10.6 Å². The fourth-order valence-corrected chi connectivity index (χ4v) is 3.61. The monoisotopic (exact) mass is 336 g/mol. The summed E-state index contributed by atoms with van der Waals surface area (Å²) in [5.41, 5.74) is 4.83. The summed E-state index contributed by atoms with van der Waals surface area (Å²) in [5.74, 6) is -0.0712. The van der Waals surface area contributed by atoms with E-state index < -0.39 is 0 Å². The number of carbonyl (C=O) groups is 1. The standard InChI is InChI=1S/C17H21ClN2OS/c1-10-5-13(8-19-4)6-11(2)14(10)9-20-17(21)16-7-15(18)12(3)22-16/h5-7,19H,8-9H2,1-4H3,(H,20,21). The van der Waals surface area contributed by atoms with Crippen LogP contribution in [0.3, 0.4) is 0 Å². The van der Waals surface area contributed by atoms with Crippen molar-refractivity contribution in [2.24, 2.45) is 0 Å². The molecule has 0 atom stereocenters. The van der Waals surface area contributed by atoms with Crippen LogP contribution < -0.4 is 10.6 Å². The van der Waals surface area contributed by atoms with E-state index in [0.717, 1.165) is 11.4 Å². The minimum absolute atomic E-state index is 0.0712. The van der Waals surface area contributed by atoms with Crippen molar-refractivity contribution in [2.45, 2.75) is 33.9 Å². The quantitative estimate of drug-likeness (QED) is 0.867. The second kappa shape index (κ2) is 7.27. The highest BCUT2D eigenvalue weighted by Crippen LogP contribution is 2.26. The minimum Gasteiger partial charge on any atom is -0.347 e. The molecular formula is C17H21ClN2OS. The van der Waals surface area contributed by atoms with Crippen LogP contribution >= 0.6 is 22.9 Å². The molecule has 0 spiro atoms. The van der Waals surface area contributed by atoms with Gasteiger partial charge in [0.2, 0.25) is 0 Å². The van der Waals surface area contributed by atoms with Crippen LogP contribution in [0.5, 0.6) is 0 Å². The first-order valence-corrected chi connectivity index (χ1v) is 8.39. The van der Waals surface area contributed by atoms with E-state index in [4.69, 9.17) is 11.6 Å². The molecular weight excluding hydrogens is 316 g/mol. The zero-order chi connectivity index (χ0) is 16.3. The van der Waals surface area contributed by atoms with Crippen molar-refractivity contribution in [3.05, 3.63) is 55.2 Å². The van der Waals surface area contributed by atoms with Gasteiger partial charge in [0, 0.05) is 18.0 Å². The maximum atomic E-state index is 12.2. The number of benzene rings is 1. The van der Waals surface area contributed by atoms with Gasteiger partial charge in [0.1, 0.15) is 0 Å². The molecule has 5 heteroatoms. The van der Waals surface area contributed by atoms with E-state index in [0.29, 0.717) is 16.4 Å². The Bertz CT molecular complexity index is 651. The molecule has 0 fully saturated rings. The van der Waals surface area contributed by atoms with Crippen molar-refractivity contribution in [2.75, 3.05) is 7.05 Å². The molecule has 3 nitrogen and oxygen atoms in total. The van der Waals surface area contributed by atoms with Crippen LogP contribution in [0.2, 0.25) is 5.02 Å². The van der Waals surface area contributed by atoms with Gasteiger partial charge in [0.15, 0.2) is 0 Å². The Balaban J connectivity index is 2.09. The van der Waals surface area contributed by atoms with E-state index in [1.807, 2.05) is 14.0 Å². The van der Waals surface area contributed by atoms with Crippen molar-refractivity contribution >= 4 is 28.8 Å². The summed E-state index contributed by atoms with van der Waals surface area (Å²) in [5, 5.41) is 6.79. The van der Waals surface area contributed by atoms with E-state index in [1.54, 1.807) is 6.07 Å². The SMILES string of the molecule is CNCc1cc(C)c(CNC(=O)c2cc(Cl)c(C)s2)c(C)c1. The van der Waals surface area contributed by atoms with E-state index in [1.165, 1.54) is 33.6 Å². The van der Waals surface area contributed by atoms with E-state index in [2.05, 4.69) is 36.6 Å². The summed E-state index contributed by atoms with van der Waals surface area (Å²) < 4.78 is 0. The van der Waals surface area contributed by atoms with Crippen LogP contribution in [0.15, 0.2) is 18.2 Å². The Morgan fingerprint density at radius 1 is 1.14 bits per heavy atom. The summed E-state index contributed by atoms with van der Waals surface area (Å²) in [6, 6.07) is 6.06. The average Bonchev–Trinajstić information content (AvgIpc) is 2.78. The fraction of sp³-hybridized carbons (Fsp3) is 0.353. The highest BCUT2D eigenvalue weighted by molar-refractivity contribution is 7.14. The molecule has 0 bridgehead atoms. The highest BCUT2D eigenvalue weighted by Gasteiger charge is 2.12. The first-order chi connectivity index (χ1) is 10.4. The van der Waals surface area contributed by atoms with Gasteiger partial charge in [0.05, 0.1) is 9.90 Å². The molecule has 118 valence electrons. The van der Waals surface area contributed by atoms with Crippen molar-refractivity contribution < 1.29 is 4.79 Å². The summed E-state index contributed by atoms with van der Waals surface area (Å²) in [6.07, 6.45) is 0. The third-order valence-electron chi connectivity index (χ3n) is 3.64. The number of halogens is 1. The van der Waals surface area contributed by atoms with Crippen molar-refractivity contribution in [1.82, 2.24) is 10.6 Å². The summed E-state index contributed by atoms with van der Waals surface area (Å²) in [7, 11) is 1.94. The van der Waals surface area contributed by atoms with Crippen molar-refractivity contribution in [1.29, 1.82) is 0 Å². The summed E-state index contributed by atoms with van der Waals surface area (Å²) >= 11 is 7.44. The van der Waals surface area contributed by atoms with Gasteiger partial charge in [-0.15, -0.1) is 11.3 Å². The second-order valence-electron chi connectivity index (χ2n) is 5.44. The molecule has 1 heterocycles. The maximum Gasteiger partial charge on any atom is 0.261 e. The molecule has 2 aromatic rings. The van der Waals surface area contributed by atoms with Gasteiger partial charge in [-0.3, -0.25) is 4.79 Å². The van der Waals surface area contributed by atoms with Crippen molar-refractivity contribution in [3.63, 3.8) is 0 Å². The van der Waals surface area contributed by atoms with Crippen LogP contribution in [0, 0.1) is 20.8 Å². The minimum atomic E-state index is -0.0712. The number of rotatable bonds is 5. The molecule has 0 unspecified atom stereocenters. The van der Waals surface area contributed by atoms with Gasteiger partial charge in [-0.05, 0) is 56.1 Å². The number of thiophene rings is 1. The molecule has 1 amide bonds. The highest BCUT2D eigenvalue weighted by atomic mass is 35.5. The molecule has 1 aromatic carbocycles. The maximum absolute atomic E-state index is 12.2. The fourth-order valence-electron chi connectivity index (χ4n) is 2.50. The zero-order valence-electron chi connectivity index (χ0n) is 13.3. The Labute approximate surface area is 140 Å². The number of carbonyl (C=O) groups excluding carboxylic acids is 1. The topological polar surface area (TPSA) is 41.1 Å². The smallest absolute Gasteiger partial charge is 0.261 e. The van der Waals surface area contributed by atoms with Gasteiger partial charge >= 0.3 is 0 Å². The van der Waals surface area contributed by atoms with Crippen molar-refractivity contribution in [3.8, 4) is 0 Å². The predicted octanol–water partition coefficient (Wildman–Crippen LogP) is 3.98. The number of hydrogen-bond acceptors (Lipinski definition) is 3. The molecule has 1 aromatic heterocycles. The van der Waals surface area contributed by atoms with E-state index >= 15 is 0 Å². The molecule has 0 saturated heterocycles. The van der Waals surface area contributed by atoms with Gasteiger partial charge in [0.25, 0.3) is 5.91 Å². The first kappa shape index (κ1) is 17.0. The molecule has 2 rings (SSSR count). The Morgan fingerprint density at radius 2 is 1.77 bits per heavy atom. The third-order valence-corrected chi connectivity index (χ3v) is 5.20. The molecule has 22 heavy (non-hydrogen) atoms. The average molecular weight is 337 g/mol. The van der Waals surface area contributed by atoms with Crippen LogP contribution in [0.1, 0.15) is 36.8 Å². The summed E-state index contributed by atoms with van der Waals surface area (Å²) in [4.78, 5) is 13.8. The van der Waals surface area contributed by atoms with Gasteiger partial charge in [-0.2, -0.15) is 0 Å². The zero-order valence-corrected chi connectivity index (χ0v) is 14.9. The molecule has 0 aliphatic carbocycles. The number of nitrogens with one attached hydrogen (secondary N) is 2. The van der Waals surface area contributed by atoms with E-state index in [9.17, 15) is 4.79 Å². The molecule has 0 aliphatic rings. The largest absolute Gasteiger partial charge is 0.347 e. The summed E-state index contributed by atoms with van der Waals surface area (Å²) in [6.45, 7) is 7.46. The van der Waals surface area contributed by atoms with Crippen LogP contribution in [-0.4, -0.2) is 13.0 Å². The first-order valence-electron chi connectivity index (χ1n) is 7.20. The third kappa shape index (κ3) is 3.88. The normalized spacial score (nSPS) is 10.8. The van der Waals surface area contributed by atoms with Gasteiger partial charge in [-0.25, -0.2) is 0 Å². The lowest BCUT2D eigenvalue weighted by Crippen LogP contribution is -2.23. The molecule has 0 saturated carbocycles. The van der Waals surface area contributed by atoms with Crippen LogP contribution in [-0.2, 0) is 13.1 Å². The number of aryl methyl sites for hydroxylation is 3. The lowest BCUT2D eigenvalue weighted by molar-refractivity contribution is 0.0955. The number of hydrogen-bond donors (Lipinski definition) is 2. The molecule has 0 radical (unpaired) electrons. The second-order valence-corrected chi connectivity index (χ2v) is 7.10. The van der Waals surface area contributed by atoms with Crippen LogP contribution in [0.25, 0.3) is 0 Å².